The van der Waals surface area contributed by atoms with E-state index < -0.39 is 0 Å². The zero-order valence-corrected chi connectivity index (χ0v) is 16.6. The molecule has 28 heavy (non-hydrogen) atoms. The van der Waals surface area contributed by atoms with Crippen molar-refractivity contribution in [1.82, 2.24) is 9.97 Å². The first-order chi connectivity index (χ1) is 13.5. The van der Waals surface area contributed by atoms with Crippen LogP contribution in [0.2, 0.25) is 0 Å². The van der Waals surface area contributed by atoms with Crippen molar-refractivity contribution >= 4 is 29.1 Å². The summed E-state index contributed by atoms with van der Waals surface area (Å²) in [6, 6.07) is 17.3. The Morgan fingerprint density at radius 2 is 1.86 bits per heavy atom. The molecule has 1 heterocycles. The monoisotopic (exact) mass is 376 g/mol. The maximum absolute atomic E-state index is 11.8. The van der Waals surface area contributed by atoms with E-state index in [9.17, 15) is 4.79 Å². The fourth-order valence-electron chi connectivity index (χ4n) is 2.99. The molecule has 3 rings (SSSR count). The average molecular weight is 376 g/mol. The van der Waals surface area contributed by atoms with Crippen LogP contribution < -0.4 is 10.2 Å². The zero-order valence-electron chi connectivity index (χ0n) is 16.6. The van der Waals surface area contributed by atoms with Crippen molar-refractivity contribution in [3.8, 4) is 0 Å². The van der Waals surface area contributed by atoms with Crippen LogP contribution in [-0.2, 0) is 4.74 Å². The van der Waals surface area contributed by atoms with Gasteiger partial charge >= 0.3 is 5.97 Å². The molecular weight excluding hydrogens is 352 g/mol. The van der Waals surface area contributed by atoms with Crippen molar-refractivity contribution < 1.29 is 9.53 Å². The number of nitrogens with one attached hydrogen (secondary N) is 1. The Bertz CT molecular complexity index is 988. The van der Waals surface area contributed by atoms with Crippen molar-refractivity contribution in [2.45, 2.75) is 20.8 Å². The number of aromatic nitrogens is 2. The van der Waals surface area contributed by atoms with Crippen LogP contribution in [0.4, 0.5) is 23.1 Å². The van der Waals surface area contributed by atoms with Gasteiger partial charge in [-0.3, -0.25) is 0 Å². The van der Waals surface area contributed by atoms with Gasteiger partial charge in [0.15, 0.2) is 0 Å². The minimum atomic E-state index is -0.383. The smallest absolute Gasteiger partial charge is 0.337 e. The molecule has 0 fully saturated rings. The second kappa shape index (κ2) is 8.52. The summed E-state index contributed by atoms with van der Waals surface area (Å²) in [5.74, 6) is 0.904. The number of hydrogen-bond donors (Lipinski definition) is 1. The molecule has 1 N–H and O–H groups in total. The van der Waals surface area contributed by atoms with E-state index in [4.69, 9.17) is 4.74 Å². The highest BCUT2D eigenvalue weighted by Gasteiger charge is 2.12. The van der Waals surface area contributed by atoms with Gasteiger partial charge in [-0.05, 0) is 56.7 Å². The van der Waals surface area contributed by atoms with Gasteiger partial charge in [0.25, 0.3) is 0 Å². The zero-order chi connectivity index (χ0) is 20.1. The lowest BCUT2D eigenvalue weighted by molar-refractivity contribution is 0.0601. The van der Waals surface area contributed by atoms with Crippen LogP contribution in [0.3, 0.4) is 0 Å². The number of nitrogens with zero attached hydrogens (tertiary/aromatic N) is 3. The second-order valence-electron chi connectivity index (χ2n) is 6.47. The molecule has 6 heteroatoms. The fourth-order valence-corrected chi connectivity index (χ4v) is 2.99. The SMILES string of the molecule is CCN(c1cccc(C)c1)c1cc(C)nc(Nc2cccc(C(=O)OC)c2)n1. The van der Waals surface area contributed by atoms with Gasteiger partial charge in [0.1, 0.15) is 5.82 Å². The Kier molecular flexibility index (Phi) is 5.89. The van der Waals surface area contributed by atoms with Gasteiger partial charge in [-0.15, -0.1) is 0 Å². The second-order valence-corrected chi connectivity index (χ2v) is 6.47. The molecule has 0 amide bonds. The van der Waals surface area contributed by atoms with Crippen LogP contribution in [-0.4, -0.2) is 29.6 Å². The number of ether oxygens (including phenoxy) is 1. The van der Waals surface area contributed by atoms with Gasteiger partial charge in [-0.2, -0.15) is 4.98 Å². The lowest BCUT2D eigenvalue weighted by Gasteiger charge is -2.23. The third kappa shape index (κ3) is 4.46. The predicted octanol–water partition coefficient (Wildman–Crippen LogP) is 4.78. The first kappa shape index (κ1) is 19.4. The largest absolute Gasteiger partial charge is 0.465 e. The molecule has 0 radical (unpaired) electrons. The molecule has 0 saturated heterocycles. The van der Waals surface area contributed by atoms with Gasteiger partial charge in [0.05, 0.1) is 12.7 Å². The molecule has 0 bridgehead atoms. The maximum atomic E-state index is 11.8. The van der Waals surface area contributed by atoms with Crippen LogP contribution in [0.1, 0.15) is 28.5 Å². The highest BCUT2D eigenvalue weighted by Crippen LogP contribution is 2.26. The molecule has 0 aliphatic carbocycles. The summed E-state index contributed by atoms with van der Waals surface area (Å²) in [5, 5.41) is 3.19. The predicted molar refractivity (Wildman–Crippen MR) is 112 cm³/mol. The van der Waals surface area contributed by atoms with E-state index in [0.29, 0.717) is 11.5 Å². The van der Waals surface area contributed by atoms with E-state index in [-0.39, 0.29) is 5.97 Å². The molecule has 0 spiro atoms. The van der Waals surface area contributed by atoms with E-state index in [1.807, 2.05) is 25.1 Å². The Hall–Kier alpha value is -3.41. The Labute approximate surface area is 165 Å². The lowest BCUT2D eigenvalue weighted by atomic mass is 10.2. The summed E-state index contributed by atoms with van der Waals surface area (Å²) in [5.41, 5.74) is 4.31. The third-order valence-electron chi connectivity index (χ3n) is 4.29. The molecule has 3 aromatic rings. The number of esters is 1. The van der Waals surface area contributed by atoms with E-state index in [1.54, 1.807) is 18.2 Å². The third-order valence-corrected chi connectivity index (χ3v) is 4.29. The summed E-state index contributed by atoms with van der Waals surface area (Å²) in [6.45, 7) is 6.87. The topological polar surface area (TPSA) is 67.4 Å². The Morgan fingerprint density at radius 1 is 1.07 bits per heavy atom. The van der Waals surface area contributed by atoms with Gasteiger partial charge in [-0.25, -0.2) is 9.78 Å². The van der Waals surface area contributed by atoms with Crippen molar-refractivity contribution in [2.24, 2.45) is 0 Å². The number of anilines is 4. The quantitative estimate of drug-likeness (QED) is 0.625. The van der Waals surface area contributed by atoms with Crippen molar-refractivity contribution in [3.63, 3.8) is 0 Å². The number of carbonyl (C=O) groups excluding carboxylic acids is 1. The maximum Gasteiger partial charge on any atom is 0.337 e. The summed E-state index contributed by atoms with van der Waals surface area (Å²) in [6.07, 6.45) is 0. The van der Waals surface area contributed by atoms with Crippen LogP contribution in [0.15, 0.2) is 54.6 Å². The van der Waals surface area contributed by atoms with Gasteiger partial charge in [0.2, 0.25) is 5.95 Å². The van der Waals surface area contributed by atoms with Gasteiger partial charge < -0.3 is 15.0 Å². The standard InChI is InChI=1S/C22H24N4O2/c1-5-26(19-11-6-8-15(2)12-19)20-13-16(3)23-22(25-20)24-18-10-7-9-17(14-18)21(27)28-4/h6-14H,5H2,1-4H3,(H,23,24,25). The Morgan fingerprint density at radius 3 is 2.57 bits per heavy atom. The summed E-state index contributed by atoms with van der Waals surface area (Å²) < 4.78 is 4.78. The van der Waals surface area contributed by atoms with E-state index in [0.717, 1.165) is 29.4 Å². The van der Waals surface area contributed by atoms with Gasteiger partial charge in [0, 0.05) is 29.7 Å². The normalized spacial score (nSPS) is 10.4. The van der Waals surface area contributed by atoms with E-state index in [2.05, 4.69) is 52.2 Å². The molecular formula is C22H24N4O2. The van der Waals surface area contributed by atoms with Crippen molar-refractivity contribution in [2.75, 3.05) is 23.9 Å². The highest BCUT2D eigenvalue weighted by atomic mass is 16.5. The van der Waals surface area contributed by atoms with Crippen molar-refractivity contribution in [1.29, 1.82) is 0 Å². The molecule has 0 atom stereocenters. The number of aryl methyl sites for hydroxylation is 2. The minimum absolute atomic E-state index is 0.383. The van der Waals surface area contributed by atoms with Crippen LogP contribution >= 0.6 is 0 Å². The number of benzene rings is 2. The van der Waals surface area contributed by atoms with E-state index >= 15 is 0 Å². The molecule has 0 aliphatic heterocycles. The average Bonchev–Trinajstić information content (AvgIpc) is 2.68. The molecule has 6 nitrogen and oxygen atoms in total. The Balaban J connectivity index is 1.92. The van der Waals surface area contributed by atoms with Gasteiger partial charge in [-0.1, -0.05) is 18.2 Å². The number of hydrogen-bond acceptors (Lipinski definition) is 6. The highest BCUT2D eigenvalue weighted by molar-refractivity contribution is 5.90. The molecule has 0 unspecified atom stereocenters. The van der Waals surface area contributed by atoms with Crippen LogP contribution in [0.5, 0.6) is 0 Å². The first-order valence-corrected chi connectivity index (χ1v) is 9.15. The summed E-state index contributed by atoms with van der Waals surface area (Å²) in [7, 11) is 1.36. The lowest BCUT2D eigenvalue weighted by Crippen LogP contribution is -2.18. The minimum Gasteiger partial charge on any atom is -0.465 e. The molecule has 2 aromatic carbocycles. The number of carbonyl (C=O) groups is 1. The molecule has 0 aliphatic rings. The number of methoxy groups -OCH3 is 1. The fraction of sp³-hybridized carbons (Fsp3) is 0.227. The van der Waals surface area contributed by atoms with Crippen LogP contribution in [0.25, 0.3) is 0 Å². The molecule has 144 valence electrons. The van der Waals surface area contributed by atoms with E-state index in [1.165, 1.54) is 12.7 Å². The molecule has 1 aromatic heterocycles. The summed E-state index contributed by atoms with van der Waals surface area (Å²) >= 11 is 0. The molecule has 0 saturated carbocycles. The first-order valence-electron chi connectivity index (χ1n) is 9.15. The number of rotatable bonds is 6. The summed E-state index contributed by atoms with van der Waals surface area (Å²) in [4.78, 5) is 23.1. The van der Waals surface area contributed by atoms with Crippen molar-refractivity contribution in [3.05, 3.63) is 71.4 Å². The van der Waals surface area contributed by atoms with Crippen LogP contribution in [0, 0.1) is 13.8 Å².